The number of ether oxygens (including phenoxy) is 3. The molecule has 0 spiro atoms. The first-order valence-corrected chi connectivity index (χ1v) is 8.28. The molecule has 0 aliphatic heterocycles. The van der Waals surface area contributed by atoms with E-state index in [1.807, 2.05) is 61.5 Å². The van der Waals surface area contributed by atoms with Crippen molar-refractivity contribution in [2.24, 2.45) is 0 Å². The highest BCUT2D eigenvalue weighted by Gasteiger charge is 2.14. The molecule has 0 aromatic heterocycles. The van der Waals surface area contributed by atoms with Gasteiger partial charge in [0.05, 0.1) is 31.8 Å². The Bertz CT molecular complexity index is 807. The number of hydrogen-bond acceptors (Lipinski definition) is 5. The van der Waals surface area contributed by atoms with E-state index in [4.69, 9.17) is 19.5 Å². The normalized spacial score (nSPS) is 10.7. The molecule has 5 nitrogen and oxygen atoms in total. The highest BCUT2D eigenvalue weighted by molar-refractivity contribution is 5.94. The monoisotopic (exact) mass is 351 g/mol. The van der Waals surface area contributed by atoms with Gasteiger partial charge < -0.3 is 14.2 Å². The fraction of sp³-hybridized carbons (Fsp3) is 0.238. The molecule has 0 aliphatic carbocycles. The van der Waals surface area contributed by atoms with Crippen molar-refractivity contribution in [3.05, 3.63) is 65.2 Å². The van der Waals surface area contributed by atoms with Crippen molar-refractivity contribution in [2.75, 3.05) is 13.7 Å². The Kier molecular flexibility index (Phi) is 7.26. The molecule has 2 aromatic rings. The number of nitrogens with zero attached hydrogens (tertiary/aromatic N) is 1. The zero-order valence-corrected chi connectivity index (χ0v) is 14.9. The molecule has 0 fully saturated rings. The van der Waals surface area contributed by atoms with Crippen LogP contribution in [0.25, 0.3) is 6.08 Å². The van der Waals surface area contributed by atoms with Crippen molar-refractivity contribution in [2.45, 2.75) is 20.0 Å². The van der Waals surface area contributed by atoms with E-state index in [0.29, 0.717) is 30.3 Å². The van der Waals surface area contributed by atoms with Crippen LogP contribution in [0, 0.1) is 11.3 Å². The van der Waals surface area contributed by atoms with Crippen LogP contribution in [-0.2, 0) is 16.1 Å². The van der Waals surface area contributed by atoms with E-state index in [9.17, 15) is 4.79 Å². The lowest BCUT2D eigenvalue weighted by Gasteiger charge is -2.15. The van der Waals surface area contributed by atoms with E-state index in [-0.39, 0.29) is 12.0 Å². The van der Waals surface area contributed by atoms with E-state index in [2.05, 4.69) is 0 Å². The summed E-state index contributed by atoms with van der Waals surface area (Å²) in [6.07, 6.45) is 1.56. The largest absolute Gasteiger partial charge is 0.490 e. The van der Waals surface area contributed by atoms with Gasteiger partial charge in [0.2, 0.25) is 0 Å². The third kappa shape index (κ3) is 5.12. The predicted molar refractivity (Wildman–Crippen MR) is 98.6 cm³/mol. The number of methoxy groups -OCH3 is 1. The maximum Gasteiger partial charge on any atom is 0.334 e. The summed E-state index contributed by atoms with van der Waals surface area (Å²) >= 11 is 0. The van der Waals surface area contributed by atoms with Gasteiger partial charge in [-0.05, 0) is 24.6 Å². The zero-order chi connectivity index (χ0) is 18.8. The van der Waals surface area contributed by atoms with Gasteiger partial charge in [0.1, 0.15) is 6.61 Å². The van der Waals surface area contributed by atoms with Crippen LogP contribution in [-0.4, -0.2) is 19.7 Å². The third-order valence-electron chi connectivity index (χ3n) is 3.58. The van der Waals surface area contributed by atoms with Crippen molar-refractivity contribution in [3.63, 3.8) is 0 Å². The molecule has 2 rings (SSSR count). The van der Waals surface area contributed by atoms with Crippen LogP contribution in [0.3, 0.4) is 0 Å². The van der Waals surface area contributed by atoms with Gasteiger partial charge in [-0.3, -0.25) is 0 Å². The molecule has 2 aromatic carbocycles. The van der Waals surface area contributed by atoms with Crippen molar-refractivity contribution >= 4 is 12.0 Å². The molecule has 0 radical (unpaired) electrons. The van der Waals surface area contributed by atoms with Gasteiger partial charge >= 0.3 is 5.97 Å². The highest BCUT2D eigenvalue weighted by Crippen LogP contribution is 2.34. The fourth-order valence-corrected chi connectivity index (χ4v) is 2.39. The molecule has 26 heavy (non-hydrogen) atoms. The second-order valence-electron chi connectivity index (χ2n) is 5.38. The van der Waals surface area contributed by atoms with E-state index >= 15 is 0 Å². The van der Waals surface area contributed by atoms with Crippen LogP contribution in [0.5, 0.6) is 11.5 Å². The first-order chi connectivity index (χ1) is 12.7. The Labute approximate surface area is 153 Å². The molecule has 0 unspecified atom stereocenters. The molecule has 0 heterocycles. The second-order valence-corrected chi connectivity index (χ2v) is 5.38. The molecule has 0 N–H and O–H groups in total. The lowest BCUT2D eigenvalue weighted by Crippen LogP contribution is -2.05. The Morgan fingerprint density at radius 3 is 2.54 bits per heavy atom. The third-order valence-corrected chi connectivity index (χ3v) is 3.58. The predicted octanol–water partition coefficient (Wildman–Crippen LogP) is 4.13. The maximum absolute atomic E-state index is 11.9. The number of carbonyl (C=O) groups is 1. The minimum atomic E-state index is -0.539. The van der Waals surface area contributed by atoms with Crippen LogP contribution >= 0.6 is 0 Å². The second kappa shape index (κ2) is 9.90. The van der Waals surface area contributed by atoms with Crippen LogP contribution < -0.4 is 9.47 Å². The maximum atomic E-state index is 11.9. The van der Waals surface area contributed by atoms with E-state index in [0.717, 1.165) is 5.56 Å². The number of nitriles is 1. The van der Waals surface area contributed by atoms with Crippen molar-refractivity contribution < 1.29 is 19.0 Å². The number of hydrogen-bond donors (Lipinski definition) is 0. The lowest BCUT2D eigenvalue weighted by molar-refractivity contribution is -0.136. The molecule has 0 aliphatic rings. The quantitative estimate of drug-likeness (QED) is 0.528. The van der Waals surface area contributed by atoms with Crippen LogP contribution in [0.4, 0.5) is 0 Å². The van der Waals surface area contributed by atoms with Gasteiger partial charge in [-0.15, -0.1) is 0 Å². The van der Waals surface area contributed by atoms with Crippen molar-refractivity contribution in [1.29, 1.82) is 5.26 Å². The molecular formula is C21H21NO4. The Balaban J connectivity index is 2.39. The molecule has 0 amide bonds. The molecule has 0 saturated carbocycles. The van der Waals surface area contributed by atoms with Gasteiger partial charge in [-0.1, -0.05) is 42.5 Å². The average molecular weight is 351 g/mol. The topological polar surface area (TPSA) is 68.5 Å². The highest BCUT2D eigenvalue weighted by atomic mass is 16.5. The molecular weight excluding hydrogens is 330 g/mol. The van der Waals surface area contributed by atoms with Gasteiger partial charge in [0.15, 0.2) is 11.5 Å². The summed E-state index contributed by atoms with van der Waals surface area (Å²) < 4.78 is 16.4. The summed E-state index contributed by atoms with van der Waals surface area (Å²) in [5, 5.41) is 8.96. The summed E-state index contributed by atoms with van der Waals surface area (Å²) in [7, 11) is 1.29. The van der Waals surface area contributed by atoms with Crippen LogP contribution in [0.2, 0.25) is 0 Å². The van der Waals surface area contributed by atoms with E-state index in [1.165, 1.54) is 7.11 Å². The minimum Gasteiger partial charge on any atom is -0.490 e. The number of benzene rings is 2. The van der Waals surface area contributed by atoms with Gasteiger partial charge in [0, 0.05) is 5.56 Å². The first kappa shape index (κ1) is 19.1. The molecule has 0 bridgehead atoms. The Hall–Kier alpha value is -3.26. The molecule has 5 heteroatoms. The first-order valence-electron chi connectivity index (χ1n) is 8.28. The number of para-hydroxylation sites is 1. The Morgan fingerprint density at radius 1 is 1.12 bits per heavy atom. The smallest absolute Gasteiger partial charge is 0.334 e. The standard InChI is InChI=1S/C21H21NO4/c1-3-25-19-11-7-10-17(14-18(12-13-22)21(23)24-2)20(19)26-15-16-8-5-4-6-9-16/h4-11,14H,3,12,15H2,1-2H3/b18-14+. The average Bonchev–Trinajstić information content (AvgIpc) is 2.67. The van der Waals surface area contributed by atoms with Gasteiger partial charge in [0.25, 0.3) is 0 Å². The minimum absolute atomic E-state index is 0.0519. The summed E-state index contributed by atoms with van der Waals surface area (Å²) in [6, 6.07) is 17.2. The zero-order valence-electron chi connectivity index (χ0n) is 14.9. The number of carbonyl (C=O) groups excluding carboxylic acids is 1. The molecule has 134 valence electrons. The number of rotatable bonds is 8. The summed E-state index contributed by atoms with van der Waals surface area (Å²) in [4.78, 5) is 11.9. The van der Waals surface area contributed by atoms with Crippen molar-refractivity contribution in [1.82, 2.24) is 0 Å². The fourth-order valence-electron chi connectivity index (χ4n) is 2.39. The lowest BCUT2D eigenvalue weighted by atomic mass is 10.1. The van der Waals surface area contributed by atoms with Gasteiger partial charge in [-0.2, -0.15) is 5.26 Å². The van der Waals surface area contributed by atoms with Crippen molar-refractivity contribution in [3.8, 4) is 17.6 Å². The number of esters is 1. The van der Waals surface area contributed by atoms with Crippen LogP contribution in [0.1, 0.15) is 24.5 Å². The molecule has 0 saturated heterocycles. The van der Waals surface area contributed by atoms with E-state index in [1.54, 1.807) is 6.08 Å². The van der Waals surface area contributed by atoms with Gasteiger partial charge in [-0.25, -0.2) is 4.79 Å². The SMILES string of the molecule is CCOc1cccc(/C=C(\CC#N)C(=O)OC)c1OCc1ccccc1. The Morgan fingerprint density at radius 2 is 1.88 bits per heavy atom. The summed E-state index contributed by atoms with van der Waals surface area (Å²) in [5.41, 5.74) is 1.93. The summed E-state index contributed by atoms with van der Waals surface area (Å²) in [6.45, 7) is 2.73. The molecule has 0 atom stereocenters. The summed E-state index contributed by atoms with van der Waals surface area (Å²) in [5.74, 6) is 0.568. The van der Waals surface area contributed by atoms with E-state index < -0.39 is 5.97 Å². The van der Waals surface area contributed by atoms with Crippen LogP contribution in [0.15, 0.2) is 54.1 Å².